The van der Waals surface area contributed by atoms with Crippen molar-refractivity contribution in [3.63, 3.8) is 0 Å². The topological polar surface area (TPSA) is 63.8 Å². The third-order valence-electron chi connectivity index (χ3n) is 3.27. The van der Waals surface area contributed by atoms with Gasteiger partial charge in [-0.15, -0.1) is 0 Å². The van der Waals surface area contributed by atoms with Gasteiger partial charge in [-0.05, 0) is 31.5 Å². The first-order valence-corrected chi connectivity index (χ1v) is 6.72. The van der Waals surface area contributed by atoms with E-state index in [2.05, 4.69) is 34.3 Å². The Morgan fingerprint density at radius 1 is 1.37 bits per heavy atom. The molecule has 2 aromatic heterocycles. The van der Waals surface area contributed by atoms with Gasteiger partial charge >= 0.3 is 0 Å². The predicted molar refractivity (Wildman–Crippen MR) is 73.7 cm³/mol. The second-order valence-corrected chi connectivity index (χ2v) is 4.47. The number of hydrogen-bond donors (Lipinski definition) is 1. The lowest BCUT2D eigenvalue weighted by atomic mass is 10.1. The average Bonchev–Trinajstić information content (AvgIpc) is 2.93. The molecule has 0 saturated carbocycles. The van der Waals surface area contributed by atoms with Crippen LogP contribution in [0.25, 0.3) is 11.5 Å². The monoisotopic (exact) mass is 260 g/mol. The van der Waals surface area contributed by atoms with E-state index in [1.165, 1.54) is 0 Å². The van der Waals surface area contributed by atoms with Crippen LogP contribution >= 0.6 is 0 Å². The maximum Gasteiger partial charge on any atom is 0.228 e. The maximum atomic E-state index is 5.31. The van der Waals surface area contributed by atoms with Crippen LogP contribution in [0.15, 0.2) is 22.9 Å². The number of nitrogens with zero attached hydrogens (tertiary/aromatic N) is 3. The van der Waals surface area contributed by atoms with E-state index in [0.717, 1.165) is 30.5 Å². The molecule has 0 radical (unpaired) electrons. The molecular weight excluding hydrogens is 240 g/mol. The lowest BCUT2D eigenvalue weighted by Crippen LogP contribution is -2.26. The first-order valence-electron chi connectivity index (χ1n) is 6.72. The van der Waals surface area contributed by atoms with Crippen LogP contribution in [0.2, 0.25) is 0 Å². The number of aryl methyl sites for hydroxylation is 1. The van der Waals surface area contributed by atoms with E-state index in [4.69, 9.17) is 4.52 Å². The molecule has 102 valence electrons. The highest BCUT2D eigenvalue weighted by atomic mass is 16.5. The summed E-state index contributed by atoms with van der Waals surface area (Å²) in [7, 11) is 1.94. The fraction of sp³-hybridized carbons (Fsp3) is 0.500. The minimum absolute atomic E-state index is 0.364. The van der Waals surface area contributed by atoms with E-state index in [9.17, 15) is 0 Å². The van der Waals surface area contributed by atoms with Crippen molar-refractivity contribution in [1.29, 1.82) is 0 Å². The molecule has 0 saturated heterocycles. The summed E-state index contributed by atoms with van der Waals surface area (Å²) in [5, 5.41) is 7.27. The lowest BCUT2D eigenvalue weighted by Gasteiger charge is -2.09. The SMILES string of the molecule is CCc1cccnc1-c1noc(CC(CC)NC)n1. The second kappa shape index (κ2) is 6.43. The normalized spacial score (nSPS) is 12.6. The zero-order valence-corrected chi connectivity index (χ0v) is 11.7. The third kappa shape index (κ3) is 3.17. The zero-order chi connectivity index (χ0) is 13.7. The molecule has 0 fully saturated rings. The molecule has 5 nitrogen and oxygen atoms in total. The number of nitrogens with one attached hydrogen (secondary N) is 1. The molecule has 0 aromatic carbocycles. The summed E-state index contributed by atoms with van der Waals surface area (Å²) in [4.78, 5) is 8.80. The molecule has 0 bridgehead atoms. The van der Waals surface area contributed by atoms with E-state index >= 15 is 0 Å². The summed E-state index contributed by atoms with van der Waals surface area (Å²) >= 11 is 0. The molecule has 0 spiro atoms. The predicted octanol–water partition coefficient (Wildman–Crippen LogP) is 2.23. The lowest BCUT2D eigenvalue weighted by molar-refractivity contribution is 0.359. The van der Waals surface area contributed by atoms with Gasteiger partial charge in [0, 0.05) is 18.7 Å². The molecule has 2 rings (SSSR count). The molecule has 2 aromatic rings. The minimum Gasteiger partial charge on any atom is -0.339 e. The molecule has 1 atom stereocenters. The van der Waals surface area contributed by atoms with Crippen LogP contribution in [0.3, 0.4) is 0 Å². The molecule has 0 aliphatic carbocycles. The van der Waals surface area contributed by atoms with E-state index in [1.807, 2.05) is 19.2 Å². The minimum atomic E-state index is 0.364. The molecule has 1 unspecified atom stereocenters. The maximum absolute atomic E-state index is 5.31. The van der Waals surface area contributed by atoms with Crippen LogP contribution in [0.4, 0.5) is 0 Å². The van der Waals surface area contributed by atoms with Gasteiger partial charge in [0.1, 0.15) is 5.69 Å². The Kier molecular flexibility index (Phi) is 4.63. The number of pyridine rings is 1. The molecular formula is C14H20N4O. The van der Waals surface area contributed by atoms with Crippen molar-refractivity contribution in [2.45, 2.75) is 39.2 Å². The molecule has 5 heteroatoms. The summed E-state index contributed by atoms with van der Waals surface area (Å²) in [6, 6.07) is 4.33. The van der Waals surface area contributed by atoms with Crippen molar-refractivity contribution in [2.75, 3.05) is 7.05 Å². The smallest absolute Gasteiger partial charge is 0.228 e. The van der Waals surface area contributed by atoms with Gasteiger partial charge in [0.25, 0.3) is 0 Å². The standard InChI is InChI=1S/C14H20N4O/c1-4-10-7-6-8-16-13(10)14-17-12(19-18-14)9-11(5-2)15-3/h6-8,11,15H,4-5,9H2,1-3H3. The Bertz CT molecular complexity index is 520. The van der Waals surface area contributed by atoms with Gasteiger partial charge < -0.3 is 9.84 Å². The fourth-order valence-corrected chi connectivity index (χ4v) is 2.02. The Balaban J connectivity index is 2.21. The van der Waals surface area contributed by atoms with Gasteiger partial charge in [-0.2, -0.15) is 4.98 Å². The Morgan fingerprint density at radius 3 is 2.89 bits per heavy atom. The van der Waals surface area contributed by atoms with Gasteiger partial charge in [0.05, 0.1) is 0 Å². The van der Waals surface area contributed by atoms with Crippen LogP contribution < -0.4 is 5.32 Å². The third-order valence-corrected chi connectivity index (χ3v) is 3.27. The van der Waals surface area contributed by atoms with Gasteiger partial charge in [-0.1, -0.05) is 25.1 Å². The molecule has 0 aliphatic heterocycles. The molecule has 2 heterocycles. The van der Waals surface area contributed by atoms with E-state index in [-0.39, 0.29) is 0 Å². The van der Waals surface area contributed by atoms with Crippen molar-refractivity contribution >= 4 is 0 Å². The second-order valence-electron chi connectivity index (χ2n) is 4.47. The van der Waals surface area contributed by atoms with Crippen LogP contribution in [0.5, 0.6) is 0 Å². The van der Waals surface area contributed by atoms with Crippen molar-refractivity contribution < 1.29 is 4.52 Å². The first-order chi connectivity index (χ1) is 9.28. The van der Waals surface area contributed by atoms with Gasteiger partial charge in [-0.3, -0.25) is 4.98 Å². The van der Waals surface area contributed by atoms with Crippen molar-refractivity contribution in [1.82, 2.24) is 20.4 Å². The fourth-order valence-electron chi connectivity index (χ4n) is 2.02. The van der Waals surface area contributed by atoms with Crippen molar-refractivity contribution in [2.24, 2.45) is 0 Å². The van der Waals surface area contributed by atoms with Gasteiger partial charge in [0.15, 0.2) is 0 Å². The number of rotatable bonds is 6. The first kappa shape index (κ1) is 13.7. The highest BCUT2D eigenvalue weighted by molar-refractivity contribution is 5.53. The van der Waals surface area contributed by atoms with Gasteiger partial charge in [-0.25, -0.2) is 0 Å². The number of likely N-dealkylation sites (N-methyl/N-ethyl adjacent to an activating group) is 1. The van der Waals surface area contributed by atoms with Crippen LogP contribution in [0, 0.1) is 0 Å². The summed E-state index contributed by atoms with van der Waals surface area (Å²) < 4.78 is 5.31. The molecule has 0 aliphatic rings. The van der Waals surface area contributed by atoms with E-state index in [0.29, 0.717) is 17.8 Å². The summed E-state index contributed by atoms with van der Waals surface area (Å²) in [6.45, 7) is 4.22. The summed E-state index contributed by atoms with van der Waals surface area (Å²) in [5.74, 6) is 1.24. The number of aromatic nitrogens is 3. The van der Waals surface area contributed by atoms with Crippen molar-refractivity contribution in [3.05, 3.63) is 29.8 Å². The summed E-state index contributed by atoms with van der Waals surface area (Å²) in [6.07, 6.45) is 4.43. The van der Waals surface area contributed by atoms with Crippen molar-refractivity contribution in [3.8, 4) is 11.5 Å². The Hall–Kier alpha value is -1.75. The molecule has 19 heavy (non-hydrogen) atoms. The highest BCUT2D eigenvalue weighted by Crippen LogP contribution is 2.18. The van der Waals surface area contributed by atoms with Crippen LogP contribution in [0.1, 0.15) is 31.7 Å². The van der Waals surface area contributed by atoms with E-state index < -0.39 is 0 Å². The van der Waals surface area contributed by atoms with Crippen LogP contribution in [-0.2, 0) is 12.8 Å². The molecule has 0 amide bonds. The van der Waals surface area contributed by atoms with Gasteiger partial charge in [0.2, 0.25) is 11.7 Å². The largest absolute Gasteiger partial charge is 0.339 e. The number of hydrogen-bond acceptors (Lipinski definition) is 5. The van der Waals surface area contributed by atoms with E-state index in [1.54, 1.807) is 6.20 Å². The highest BCUT2D eigenvalue weighted by Gasteiger charge is 2.15. The Labute approximate surface area is 113 Å². The zero-order valence-electron chi connectivity index (χ0n) is 11.7. The average molecular weight is 260 g/mol. The quantitative estimate of drug-likeness (QED) is 0.863. The summed E-state index contributed by atoms with van der Waals surface area (Å²) in [5.41, 5.74) is 1.95. The Morgan fingerprint density at radius 2 is 2.21 bits per heavy atom. The molecule has 1 N–H and O–H groups in total. The van der Waals surface area contributed by atoms with Crippen LogP contribution in [-0.4, -0.2) is 28.2 Å².